The van der Waals surface area contributed by atoms with Crippen LogP contribution in [0, 0.1) is 5.92 Å². The first-order chi connectivity index (χ1) is 13.5. The summed E-state index contributed by atoms with van der Waals surface area (Å²) in [5.41, 5.74) is 1.17. The fourth-order valence-electron chi connectivity index (χ4n) is 3.03. The molecule has 1 aromatic carbocycles. The van der Waals surface area contributed by atoms with Gasteiger partial charge in [-0.25, -0.2) is 0 Å². The molecule has 1 unspecified atom stereocenters. The first-order valence-electron chi connectivity index (χ1n) is 9.52. The van der Waals surface area contributed by atoms with Gasteiger partial charge in [0.2, 0.25) is 5.91 Å². The summed E-state index contributed by atoms with van der Waals surface area (Å²) in [6, 6.07) is 10.7. The van der Waals surface area contributed by atoms with Gasteiger partial charge in [-0.15, -0.1) is 11.3 Å². The molecule has 1 saturated heterocycles. The third kappa shape index (κ3) is 4.59. The van der Waals surface area contributed by atoms with Crippen LogP contribution in [0.1, 0.15) is 40.3 Å². The Kier molecular flexibility index (Phi) is 6.46. The molecule has 1 fully saturated rings. The highest BCUT2D eigenvalue weighted by molar-refractivity contribution is 7.12. The number of piperazine rings is 1. The molecule has 1 N–H and O–H groups in total. The minimum absolute atomic E-state index is 0.0249. The summed E-state index contributed by atoms with van der Waals surface area (Å²) < 4.78 is 0. The van der Waals surface area contributed by atoms with Crippen LogP contribution in [-0.2, 0) is 4.79 Å². The average Bonchev–Trinajstić information content (AvgIpc) is 3.27. The van der Waals surface area contributed by atoms with E-state index >= 15 is 0 Å². The van der Waals surface area contributed by atoms with Gasteiger partial charge in [0.25, 0.3) is 11.8 Å². The molecule has 2 aromatic rings. The van der Waals surface area contributed by atoms with Crippen molar-refractivity contribution in [2.24, 2.45) is 5.92 Å². The maximum atomic E-state index is 12.8. The minimum Gasteiger partial charge on any atom is -0.335 e. The summed E-state index contributed by atoms with van der Waals surface area (Å²) >= 11 is 1.43. The van der Waals surface area contributed by atoms with Crippen LogP contribution in [0.15, 0.2) is 41.8 Å². The van der Waals surface area contributed by atoms with E-state index in [1.807, 2.05) is 31.4 Å². The third-order valence-electron chi connectivity index (χ3n) is 5.02. The van der Waals surface area contributed by atoms with Crippen LogP contribution in [0.2, 0.25) is 0 Å². The predicted octanol–water partition coefficient (Wildman–Crippen LogP) is 3.33. The monoisotopic (exact) mass is 399 g/mol. The number of amides is 3. The van der Waals surface area contributed by atoms with Gasteiger partial charge in [0.1, 0.15) is 0 Å². The molecule has 3 amide bonds. The van der Waals surface area contributed by atoms with E-state index < -0.39 is 0 Å². The van der Waals surface area contributed by atoms with Crippen molar-refractivity contribution in [3.8, 4) is 0 Å². The van der Waals surface area contributed by atoms with E-state index in [1.165, 1.54) is 11.3 Å². The molecule has 6 nitrogen and oxygen atoms in total. The van der Waals surface area contributed by atoms with Gasteiger partial charge < -0.3 is 15.1 Å². The van der Waals surface area contributed by atoms with Gasteiger partial charge in [0.15, 0.2) is 0 Å². The fraction of sp³-hybridized carbons (Fsp3) is 0.381. The third-order valence-corrected chi connectivity index (χ3v) is 5.88. The van der Waals surface area contributed by atoms with Crippen molar-refractivity contribution >= 4 is 34.7 Å². The standard InChI is InChI=1S/C21H25N3O3S/c1-3-15(2)19(25)22-17-7-4-6-16(14-17)20(26)23-9-11-24(12-10-23)21(27)18-8-5-13-28-18/h4-8,13-15H,3,9-12H2,1-2H3,(H,22,25). The zero-order valence-electron chi connectivity index (χ0n) is 16.2. The van der Waals surface area contributed by atoms with Crippen LogP contribution in [0.5, 0.6) is 0 Å². The van der Waals surface area contributed by atoms with Gasteiger partial charge in [-0.1, -0.05) is 26.0 Å². The number of thiophene rings is 1. The van der Waals surface area contributed by atoms with Crippen LogP contribution >= 0.6 is 11.3 Å². The molecule has 0 aliphatic carbocycles. The van der Waals surface area contributed by atoms with Gasteiger partial charge in [-0.2, -0.15) is 0 Å². The van der Waals surface area contributed by atoms with Gasteiger partial charge in [0, 0.05) is 43.3 Å². The lowest BCUT2D eigenvalue weighted by atomic mass is 10.1. The first-order valence-corrected chi connectivity index (χ1v) is 10.4. The fourth-order valence-corrected chi connectivity index (χ4v) is 3.72. The topological polar surface area (TPSA) is 69.7 Å². The van der Waals surface area contributed by atoms with Gasteiger partial charge in [-0.3, -0.25) is 14.4 Å². The largest absolute Gasteiger partial charge is 0.335 e. The molecule has 1 aliphatic heterocycles. The quantitative estimate of drug-likeness (QED) is 0.838. The number of benzene rings is 1. The Morgan fingerprint density at radius 2 is 1.71 bits per heavy atom. The summed E-state index contributed by atoms with van der Waals surface area (Å²) in [6.45, 7) is 5.88. The second-order valence-corrected chi connectivity index (χ2v) is 7.89. The average molecular weight is 400 g/mol. The van der Waals surface area contributed by atoms with Crippen LogP contribution < -0.4 is 5.32 Å². The minimum atomic E-state index is -0.0807. The Balaban J connectivity index is 1.60. The molecule has 0 spiro atoms. The van der Waals surface area contributed by atoms with Crippen molar-refractivity contribution < 1.29 is 14.4 Å². The zero-order chi connectivity index (χ0) is 20.1. The maximum Gasteiger partial charge on any atom is 0.264 e. The molecule has 0 saturated carbocycles. The Morgan fingerprint density at radius 1 is 1.04 bits per heavy atom. The van der Waals surface area contributed by atoms with Crippen LogP contribution in [0.4, 0.5) is 5.69 Å². The summed E-state index contributed by atoms with van der Waals surface area (Å²) in [5, 5.41) is 4.76. The lowest BCUT2D eigenvalue weighted by molar-refractivity contribution is -0.119. The van der Waals surface area contributed by atoms with Crippen molar-refractivity contribution in [2.45, 2.75) is 20.3 Å². The molecule has 0 bridgehead atoms. The second kappa shape index (κ2) is 9.01. The molecule has 148 valence electrons. The molecule has 2 heterocycles. The number of carbonyl (C=O) groups excluding carboxylic acids is 3. The highest BCUT2D eigenvalue weighted by Gasteiger charge is 2.26. The molecular formula is C21H25N3O3S. The van der Waals surface area contributed by atoms with E-state index in [-0.39, 0.29) is 23.6 Å². The number of nitrogens with zero attached hydrogens (tertiary/aromatic N) is 2. The van der Waals surface area contributed by atoms with Crippen molar-refractivity contribution in [1.82, 2.24) is 9.80 Å². The van der Waals surface area contributed by atoms with Crippen LogP contribution in [-0.4, -0.2) is 53.7 Å². The van der Waals surface area contributed by atoms with Crippen molar-refractivity contribution in [3.05, 3.63) is 52.2 Å². The summed E-state index contributed by atoms with van der Waals surface area (Å²) in [4.78, 5) is 41.6. The van der Waals surface area contributed by atoms with E-state index in [0.717, 1.165) is 11.3 Å². The predicted molar refractivity (Wildman–Crippen MR) is 111 cm³/mol. The molecule has 0 radical (unpaired) electrons. The summed E-state index contributed by atoms with van der Waals surface area (Å²) in [5.74, 6) is -0.180. The summed E-state index contributed by atoms with van der Waals surface area (Å²) in [7, 11) is 0. The molecule has 7 heteroatoms. The summed E-state index contributed by atoms with van der Waals surface area (Å²) in [6.07, 6.45) is 0.763. The Hall–Kier alpha value is -2.67. The van der Waals surface area contributed by atoms with Crippen molar-refractivity contribution in [3.63, 3.8) is 0 Å². The normalized spacial score (nSPS) is 15.2. The Bertz CT molecular complexity index is 842. The van der Waals surface area contributed by atoms with E-state index in [4.69, 9.17) is 0 Å². The molecular weight excluding hydrogens is 374 g/mol. The van der Waals surface area contributed by atoms with E-state index in [1.54, 1.807) is 34.1 Å². The van der Waals surface area contributed by atoms with Gasteiger partial charge >= 0.3 is 0 Å². The van der Waals surface area contributed by atoms with Crippen molar-refractivity contribution in [2.75, 3.05) is 31.5 Å². The lowest BCUT2D eigenvalue weighted by Crippen LogP contribution is -2.50. The van der Waals surface area contributed by atoms with E-state index in [2.05, 4.69) is 5.32 Å². The second-order valence-electron chi connectivity index (χ2n) is 6.94. The SMILES string of the molecule is CCC(C)C(=O)Nc1cccc(C(=O)N2CCN(C(=O)c3cccs3)CC2)c1. The number of nitrogens with one attached hydrogen (secondary N) is 1. The highest BCUT2D eigenvalue weighted by atomic mass is 32.1. The maximum absolute atomic E-state index is 12.8. The number of anilines is 1. The molecule has 3 rings (SSSR count). The van der Waals surface area contributed by atoms with E-state index in [0.29, 0.717) is 37.4 Å². The molecule has 1 aliphatic rings. The molecule has 28 heavy (non-hydrogen) atoms. The first kappa shape index (κ1) is 20.1. The number of hydrogen-bond acceptors (Lipinski definition) is 4. The van der Waals surface area contributed by atoms with Crippen molar-refractivity contribution in [1.29, 1.82) is 0 Å². The van der Waals surface area contributed by atoms with Crippen LogP contribution in [0.3, 0.4) is 0 Å². The number of hydrogen-bond donors (Lipinski definition) is 1. The molecule has 1 atom stereocenters. The number of carbonyl (C=O) groups is 3. The smallest absolute Gasteiger partial charge is 0.264 e. The Morgan fingerprint density at radius 3 is 2.32 bits per heavy atom. The van der Waals surface area contributed by atoms with Crippen LogP contribution in [0.25, 0.3) is 0 Å². The lowest BCUT2D eigenvalue weighted by Gasteiger charge is -2.34. The van der Waals surface area contributed by atoms with Gasteiger partial charge in [-0.05, 0) is 36.1 Å². The number of rotatable bonds is 5. The van der Waals surface area contributed by atoms with E-state index in [9.17, 15) is 14.4 Å². The Labute approximate surface area is 169 Å². The molecule has 1 aromatic heterocycles. The highest BCUT2D eigenvalue weighted by Crippen LogP contribution is 2.17. The van der Waals surface area contributed by atoms with Gasteiger partial charge in [0.05, 0.1) is 4.88 Å². The zero-order valence-corrected chi connectivity index (χ0v) is 17.0.